The van der Waals surface area contributed by atoms with E-state index < -0.39 is 4.92 Å². The van der Waals surface area contributed by atoms with Crippen LogP contribution in [0.5, 0.6) is 0 Å². The maximum Gasteiger partial charge on any atom is 0.270 e. The van der Waals surface area contributed by atoms with Crippen molar-refractivity contribution in [3.05, 3.63) is 68.4 Å². The van der Waals surface area contributed by atoms with Gasteiger partial charge in [-0.1, -0.05) is 18.2 Å². The predicted octanol–water partition coefficient (Wildman–Crippen LogP) is 3.62. The number of nitrogens with one attached hydrogen (secondary N) is 1. The number of nitrogens with zero attached hydrogens (tertiary/aromatic N) is 2. The first-order valence-corrected chi connectivity index (χ1v) is 9.49. The fourth-order valence-electron chi connectivity index (χ4n) is 3.11. The molecule has 0 aliphatic carbocycles. The Labute approximate surface area is 156 Å². The Balaban J connectivity index is 1.60. The lowest BCUT2D eigenvalue weighted by Crippen LogP contribution is -2.35. The fraction of sp³-hybridized carbons (Fsp3) is 0.316. The molecule has 1 aromatic carbocycles. The van der Waals surface area contributed by atoms with Gasteiger partial charge in [-0.3, -0.25) is 19.8 Å². The van der Waals surface area contributed by atoms with Crippen LogP contribution >= 0.6 is 11.3 Å². The molecule has 1 amide bonds. The van der Waals surface area contributed by atoms with Gasteiger partial charge in [-0.2, -0.15) is 0 Å². The Morgan fingerprint density at radius 1 is 1.31 bits per heavy atom. The van der Waals surface area contributed by atoms with Gasteiger partial charge in [0, 0.05) is 29.6 Å². The minimum Gasteiger partial charge on any atom is -0.351 e. The first-order valence-electron chi connectivity index (χ1n) is 8.61. The molecule has 1 unspecified atom stereocenters. The van der Waals surface area contributed by atoms with Crippen molar-refractivity contribution < 1.29 is 9.72 Å². The van der Waals surface area contributed by atoms with Gasteiger partial charge in [0.1, 0.15) is 0 Å². The molecule has 2 heterocycles. The van der Waals surface area contributed by atoms with Crippen molar-refractivity contribution in [1.82, 2.24) is 10.2 Å². The highest BCUT2D eigenvalue weighted by Crippen LogP contribution is 2.27. The molecule has 2 aromatic rings. The van der Waals surface area contributed by atoms with Crippen molar-refractivity contribution in [3.8, 4) is 0 Å². The van der Waals surface area contributed by atoms with Crippen LogP contribution in [-0.4, -0.2) is 35.4 Å². The number of hydrogen-bond donors (Lipinski definition) is 1. The molecule has 1 aliphatic rings. The van der Waals surface area contributed by atoms with Crippen LogP contribution in [0.1, 0.15) is 29.3 Å². The van der Waals surface area contributed by atoms with Crippen LogP contribution in [-0.2, 0) is 4.79 Å². The van der Waals surface area contributed by atoms with Crippen LogP contribution < -0.4 is 5.32 Å². The Morgan fingerprint density at radius 3 is 2.81 bits per heavy atom. The Hall–Kier alpha value is -2.51. The van der Waals surface area contributed by atoms with E-state index >= 15 is 0 Å². The average Bonchev–Trinajstić information content (AvgIpc) is 3.35. The number of hydrogen-bond acceptors (Lipinski definition) is 5. The van der Waals surface area contributed by atoms with Gasteiger partial charge in [-0.25, -0.2) is 0 Å². The summed E-state index contributed by atoms with van der Waals surface area (Å²) < 4.78 is 0. The number of benzene rings is 1. The highest BCUT2D eigenvalue weighted by atomic mass is 32.1. The summed E-state index contributed by atoms with van der Waals surface area (Å²) >= 11 is 1.71. The number of rotatable bonds is 7. The van der Waals surface area contributed by atoms with E-state index in [1.54, 1.807) is 29.5 Å². The van der Waals surface area contributed by atoms with Crippen LogP contribution in [0.4, 0.5) is 5.69 Å². The van der Waals surface area contributed by atoms with Gasteiger partial charge in [0.2, 0.25) is 5.91 Å². The van der Waals surface area contributed by atoms with E-state index in [4.69, 9.17) is 0 Å². The summed E-state index contributed by atoms with van der Waals surface area (Å²) in [5.41, 5.74) is 0.642. The molecule has 1 saturated heterocycles. The summed E-state index contributed by atoms with van der Waals surface area (Å²) in [7, 11) is 0. The molecule has 26 heavy (non-hydrogen) atoms. The van der Waals surface area contributed by atoms with Gasteiger partial charge in [0.05, 0.1) is 11.0 Å². The van der Waals surface area contributed by atoms with E-state index in [0.717, 1.165) is 13.1 Å². The molecule has 0 bridgehead atoms. The predicted molar refractivity (Wildman–Crippen MR) is 103 cm³/mol. The second-order valence-electron chi connectivity index (χ2n) is 6.20. The summed E-state index contributed by atoms with van der Waals surface area (Å²) in [6, 6.07) is 10.6. The van der Waals surface area contributed by atoms with Crippen LogP contribution in [0.2, 0.25) is 0 Å². The monoisotopic (exact) mass is 371 g/mol. The molecule has 0 saturated carbocycles. The van der Waals surface area contributed by atoms with Crippen molar-refractivity contribution in [2.45, 2.75) is 18.9 Å². The molecule has 1 aliphatic heterocycles. The number of nitro benzene ring substituents is 1. The molecule has 1 atom stereocenters. The number of nitro groups is 1. The number of carbonyl (C=O) groups is 1. The van der Waals surface area contributed by atoms with E-state index in [1.807, 2.05) is 6.07 Å². The van der Waals surface area contributed by atoms with Crippen LogP contribution in [0, 0.1) is 10.1 Å². The van der Waals surface area contributed by atoms with E-state index in [9.17, 15) is 14.9 Å². The SMILES string of the molecule is O=C(/C=C/c1cccc([N+](=O)[O-])c1)NCC(c1cccs1)N1CCCC1. The number of non-ortho nitro benzene ring substituents is 1. The number of amides is 1. The Bertz CT molecular complexity index is 783. The quantitative estimate of drug-likeness (QED) is 0.458. The fourth-order valence-corrected chi connectivity index (χ4v) is 3.97. The third-order valence-corrected chi connectivity index (χ3v) is 5.40. The van der Waals surface area contributed by atoms with Crippen molar-refractivity contribution in [3.63, 3.8) is 0 Å². The van der Waals surface area contributed by atoms with Gasteiger partial charge in [-0.15, -0.1) is 11.3 Å². The van der Waals surface area contributed by atoms with Crippen molar-refractivity contribution in [2.75, 3.05) is 19.6 Å². The molecular weight excluding hydrogens is 350 g/mol. The topological polar surface area (TPSA) is 75.5 Å². The standard InChI is InChI=1S/C19H21N3O3S/c23-19(9-8-15-5-3-6-16(13-15)22(24)25)20-14-17(18-7-4-12-26-18)21-10-1-2-11-21/h3-9,12-13,17H,1-2,10-11,14H2,(H,20,23)/b9-8+. The lowest BCUT2D eigenvalue weighted by atomic mass is 10.2. The zero-order chi connectivity index (χ0) is 18.4. The molecule has 1 fully saturated rings. The third kappa shape index (κ3) is 4.77. The smallest absolute Gasteiger partial charge is 0.270 e. The van der Waals surface area contributed by atoms with Crippen LogP contribution in [0.3, 0.4) is 0 Å². The largest absolute Gasteiger partial charge is 0.351 e. The van der Waals surface area contributed by atoms with Crippen molar-refractivity contribution >= 4 is 29.0 Å². The summed E-state index contributed by atoms with van der Waals surface area (Å²) in [5.74, 6) is -0.197. The van der Waals surface area contributed by atoms with Gasteiger partial charge in [-0.05, 0) is 49.0 Å². The van der Waals surface area contributed by atoms with E-state index in [2.05, 4.69) is 21.7 Å². The third-order valence-electron chi connectivity index (χ3n) is 4.43. The Kier molecular flexibility index (Phi) is 6.14. The van der Waals surface area contributed by atoms with E-state index in [1.165, 1.54) is 35.9 Å². The Morgan fingerprint density at radius 2 is 2.12 bits per heavy atom. The van der Waals surface area contributed by atoms with Gasteiger partial charge < -0.3 is 5.32 Å². The minimum atomic E-state index is -0.445. The second kappa shape index (κ2) is 8.73. The second-order valence-corrected chi connectivity index (χ2v) is 7.18. The maximum atomic E-state index is 12.2. The highest BCUT2D eigenvalue weighted by Gasteiger charge is 2.24. The highest BCUT2D eigenvalue weighted by molar-refractivity contribution is 7.10. The van der Waals surface area contributed by atoms with Crippen molar-refractivity contribution in [1.29, 1.82) is 0 Å². The normalized spacial score (nSPS) is 16.0. The number of thiophene rings is 1. The van der Waals surface area contributed by atoms with Gasteiger partial charge in [0.15, 0.2) is 0 Å². The molecule has 6 nitrogen and oxygen atoms in total. The van der Waals surface area contributed by atoms with E-state index in [-0.39, 0.29) is 17.6 Å². The molecule has 1 aromatic heterocycles. The van der Waals surface area contributed by atoms with Crippen molar-refractivity contribution in [2.24, 2.45) is 0 Å². The first kappa shape index (κ1) is 18.3. The number of likely N-dealkylation sites (tertiary alicyclic amines) is 1. The summed E-state index contributed by atoms with van der Waals surface area (Å²) in [5, 5.41) is 15.8. The average molecular weight is 371 g/mol. The first-order chi connectivity index (χ1) is 12.6. The molecule has 0 spiro atoms. The molecule has 3 rings (SSSR count). The van der Waals surface area contributed by atoms with Crippen LogP contribution in [0.15, 0.2) is 47.9 Å². The molecule has 1 N–H and O–H groups in total. The van der Waals surface area contributed by atoms with Gasteiger partial charge >= 0.3 is 0 Å². The number of carbonyl (C=O) groups excluding carboxylic acids is 1. The summed E-state index contributed by atoms with van der Waals surface area (Å²) in [6.45, 7) is 2.67. The summed E-state index contributed by atoms with van der Waals surface area (Å²) in [4.78, 5) is 26.2. The molecular formula is C19H21N3O3S. The summed E-state index contributed by atoms with van der Waals surface area (Å²) in [6.07, 6.45) is 5.41. The van der Waals surface area contributed by atoms with E-state index in [0.29, 0.717) is 12.1 Å². The maximum absolute atomic E-state index is 12.2. The van der Waals surface area contributed by atoms with Gasteiger partial charge in [0.25, 0.3) is 5.69 Å². The zero-order valence-electron chi connectivity index (χ0n) is 14.3. The molecule has 7 heteroatoms. The minimum absolute atomic E-state index is 0.0133. The zero-order valence-corrected chi connectivity index (χ0v) is 15.2. The molecule has 0 radical (unpaired) electrons. The lowest BCUT2D eigenvalue weighted by molar-refractivity contribution is -0.384. The van der Waals surface area contributed by atoms with Crippen LogP contribution in [0.25, 0.3) is 6.08 Å². The molecule has 136 valence electrons. The lowest BCUT2D eigenvalue weighted by Gasteiger charge is -2.26.